The highest BCUT2D eigenvalue weighted by molar-refractivity contribution is 5.34. The van der Waals surface area contributed by atoms with Gasteiger partial charge in [-0.3, -0.25) is 0 Å². The van der Waals surface area contributed by atoms with Crippen LogP contribution in [-0.2, 0) is 11.3 Å². The second kappa shape index (κ2) is 7.04. The Kier molecular flexibility index (Phi) is 5.69. The van der Waals surface area contributed by atoms with E-state index >= 15 is 0 Å². The number of ether oxygens (including phenoxy) is 1. The van der Waals surface area contributed by atoms with Gasteiger partial charge in [0, 0.05) is 25.3 Å². The highest BCUT2D eigenvalue weighted by atomic mass is 19.1. The molecule has 0 bridgehead atoms. The Morgan fingerprint density at radius 2 is 2.00 bits per heavy atom. The molecule has 0 aromatic heterocycles. The van der Waals surface area contributed by atoms with Gasteiger partial charge in [0.05, 0.1) is 18.2 Å². The minimum Gasteiger partial charge on any atom is -0.383 e. The zero-order chi connectivity index (χ0) is 13.5. The van der Waals surface area contributed by atoms with Crippen LogP contribution in [0, 0.1) is 23.0 Å². The van der Waals surface area contributed by atoms with Gasteiger partial charge in [-0.25, -0.2) is 8.78 Å². The normalized spacial score (nSPS) is 12.2. The van der Waals surface area contributed by atoms with Crippen LogP contribution < -0.4 is 5.32 Å². The van der Waals surface area contributed by atoms with Crippen LogP contribution in [0.1, 0.15) is 24.5 Å². The molecular weight excluding hydrogens is 238 g/mol. The third-order valence-electron chi connectivity index (χ3n) is 2.70. The van der Waals surface area contributed by atoms with Gasteiger partial charge in [0.2, 0.25) is 0 Å². The molecule has 0 saturated heterocycles. The highest BCUT2D eigenvalue weighted by Crippen LogP contribution is 2.15. The van der Waals surface area contributed by atoms with E-state index in [-0.39, 0.29) is 23.7 Å². The van der Waals surface area contributed by atoms with Crippen molar-refractivity contribution in [1.29, 1.82) is 5.26 Å². The van der Waals surface area contributed by atoms with Crippen molar-refractivity contribution < 1.29 is 13.5 Å². The Morgan fingerprint density at radius 3 is 2.44 bits per heavy atom. The lowest BCUT2D eigenvalue weighted by molar-refractivity contribution is 0.163. The van der Waals surface area contributed by atoms with Crippen LogP contribution >= 0.6 is 0 Å². The molecule has 0 amide bonds. The maximum Gasteiger partial charge on any atom is 0.131 e. The molecule has 98 valence electrons. The summed E-state index contributed by atoms with van der Waals surface area (Å²) in [7, 11) is 1.58. The van der Waals surface area contributed by atoms with Crippen LogP contribution in [0.15, 0.2) is 12.1 Å². The van der Waals surface area contributed by atoms with Gasteiger partial charge >= 0.3 is 0 Å². The summed E-state index contributed by atoms with van der Waals surface area (Å²) >= 11 is 0. The number of hydrogen-bond donors (Lipinski definition) is 1. The van der Waals surface area contributed by atoms with E-state index < -0.39 is 11.6 Å². The molecule has 1 atom stereocenters. The largest absolute Gasteiger partial charge is 0.383 e. The molecule has 0 fully saturated rings. The van der Waals surface area contributed by atoms with Crippen molar-refractivity contribution in [2.75, 3.05) is 13.7 Å². The van der Waals surface area contributed by atoms with Gasteiger partial charge in [0.1, 0.15) is 11.6 Å². The van der Waals surface area contributed by atoms with E-state index in [0.717, 1.165) is 18.6 Å². The Morgan fingerprint density at radius 1 is 1.39 bits per heavy atom. The smallest absolute Gasteiger partial charge is 0.131 e. The third-order valence-corrected chi connectivity index (χ3v) is 2.70. The van der Waals surface area contributed by atoms with Gasteiger partial charge in [-0.15, -0.1) is 0 Å². The maximum absolute atomic E-state index is 13.6. The number of nitriles is 1. The summed E-state index contributed by atoms with van der Waals surface area (Å²) in [6, 6.07) is 3.84. The minimum atomic E-state index is -0.702. The number of nitrogens with zero attached hydrogens (tertiary/aromatic N) is 1. The van der Waals surface area contributed by atoms with E-state index in [1.54, 1.807) is 13.2 Å². The van der Waals surface area contributed by atoms with Crippen LogP contribution in [-0.4, -0.2) is 19.8 Å². The molecule has 1 unspecified atom stereocenters. The van der Waals surface area contributed by atoms with E-state index in [1.807, 2.05) is 6.92 Å². The molecule has 3 nitrogen and oxygen atoms in total. The molecule has 0 aliphatic heterocycles. The fraction of sp³-hybridized carbons (Fsp3) is 0.462. The predicted molar refractivity (Wildman–Crippen MR) is 63.9 cm³/mol. The van der Waals surface area contributed by atoms with Gasteiger partial charge in [0.25, 0.3) is 0 Å². The first-order valence-electron chi connectivity index (χ1n) is 5.72. The molecule has 0 aliphatic carbocycles. The van der Waals surface area contributed by atoms with Crippen molar-refractivity contribution in [1.82, 2.24) is 5.32 Å². The highest BCUT2D eigenvalue weighted by Gasteiger charge is 2.13. The lowest BCUT2D eigenvalue weighted by atomic mass is 10.1. The van der Waals surface area contributed by atoms with Crippen LogP contribution in [0.2, 0.25) is 0 Å². The summed E-state index contributed by atoms with van der Waals surface area (Å²) in [5.74, 6) is -1.40. The molecule has 1 aromatic rings. The standard InChI is InChI=1S/C13H16F2N2O/c1-3-10(8-18-2)17-7-11-12(14)4-9(6-16)5-13(11)15/h4-5,10,17H,3,7-8H2,1-2H3. The fourth-order valence-electron chi connectivity index (χ4n) is 1.61. The van der Waals surface area contributed by atoms with Gasteiger partial charge in [-0.1, -0.05) is 6.92 Å². The first-order chi connectivity index (χ1) is 8.62. The number of methoxy groups -OCH3 is 1. The van der Waals surface area contributed by atoms with E-state index in [0.29, 0.717) is 6.61 Å². The van der Waals surface area contributed by atoms with Crippen LogP contribution in [0.25, 0.3) is 0 Å². The van der Waals surface area contributed by atoms with E-state index in [1.165, 1.54) is 0 Å². The fourth-order valence-corrected chi connectivity index (χ4v) is 1.61. The van der Waals surface area contributed by atoms with Crippen molar-refractivity contribution in [3.63, 3.8) is 0 Å². The Balaban J connectivity index is 2.76. The molecule has 1 aromatic carbocycles. The van der Waals surface area contributed by atoms with Crippen molar-refractivity contribution in [3.05, 3.63) is 34.9 Å². The average Bonchev–Trinajstić information content (AvgIpc) is 2.36. The molecule has 0 radical (unpaired) electrons. The van der Waals surface area contributed by atoms with Gasteiger partial charge < -0.3 is 10.1 Å². The van der Waals surface area contributed by atoms with Gasteiger partial charge in [-0.2, -0.15) is 5.26 Å². The summed E-state index contributed by atoms with van der Waals surface area (Å²) < 4.78 is 32.1. The van der Waals surface area contributed by atoms with Gasteiger partial charge in [0.15, 0.2) is 0 Å². The number of rotatable bonds is 6. The molecule has 0 spiro atoms. The Hall–Kier alpha value is -1.51. The molecule has 5 heteroatoms. The van der Waals surface area contributed by atoms with Gasteiger partial charge in [-0.05, 0) is 18.6 Å². The monoisotopic (exact) mass is 254 g/mol. The second-order valence-corrected chi connectivity index (χ2v) is 3.97. The lowest BCUT2D eigenvalue weighted by Gasteiger charge is -2.16. The summed E-state index contributed by atoms with van der Waals surface area (Å²) in [5, 5.41) is 11.6. The molecule has 0 heterocycles. The van der Waals surface area contributed by atoms with Crippen LogP contribution in [0.4, 0.5) is 8.78 Å². The lowest BCUT2D eigenvalue weighted by Crippen LogP contribution is -2.32. The maximum atomic E-state index is 13.6. The molecule has 0 saturated carbocycles. The summed E-state index contributed by atoms with van der Waals surface area (Å²) in [6.07, 6.45) is 0.799. The number of halogens is 2. The molecule has 0 aliphatic rings. The second-order valence-electron chi connectivity index (χ2n) is 3.97. The first kappa shape index (κ1) is 14.6. The zero-order valence-electron chi connectivity index (χ0n) is 10.5. The zero-order valence-corrected chi connectivity index (χ0v) is 10.5. The summed E-state index contributed by atoms with van der Waals surface area (Å²) in [4.78, 5) is 0. The Bertz CT molecular complexity index is 420. The van der Waals surface area contributed by atoms with E-state index in [9.17, 15) is 8.78 Å². The van der Waals surface area contributed by atoms with Crippen molar-refractivity contribution in [2.24, 2.45) is 0 Å². The van der Waals surface area contributed by atoms with E-state index in [4.69, 9.17) is 10.00 Å². The SMILES string of the molecule is CCC(COC)NCc1c(F)cc(C#N)cc1F. The molecule has 18 heavy (non-hydrogen) atoms. The quantitative estimate of drug-likeness (QED) is 0.847. The topological polar surface area (TPSA) is 45.0 Å². The summed E-state index contributed by atoms with van der Waals surface area (Å²) in [6.45, 7) is 2.52. The third kappa shape index (κ3) is 3.76. The number of hydrogen-bond acceptors (Lipinski definition) is 3. The first-order valence-corrected chi connectivity index (χ1v) is 5.72. The summed E-state index contributed by atoms with van der Waals surface area (Å²) in [5.41, 5.74) is -0.0683. The minimum absolute atomic E-state index is 0.0160. The molecular formula is C13H16F2N2O. The Labute approximate surface area is 105 Å². The van der Waals surface area contributed by atoms with Crippen molar-refractivity contribution in [3.8, 4) is 6.07 Å². The van der Waals surface area contributed by atoms with E-state index in [2.05, 4.69) is 5.32 Å². The van der Waals surface area contributed by atoms with Crippen molar-refractivity contribution in [2.45, 2.75) is 25.9 Å². The van der Waals surface area contributed by atoms with Crippen LogP contribution in [0.5, 0.6) is 0 Å². The molecule has 1 rings (SSSR count). The average molecular weight is 254 g/mol. The molecule has 1 N–H and O–H groups in total. The van der Waals surface area contributed by atoms with Crippen molar-refractivity contribution >= 4 is 0 Å². The number of nitrogens with one attached hydrogen (secondary N) is 1. The predicted octanol–water partition coefficient (Wildman–Crippen LogP) is 2.35. The number of benzene rings is 1. The van der Waals surface area contributed by atoms with Crippen LogP contribution in [0.3, 0.4) is 0 Å².